The average Bonchev–Trinajstić information content (AvgIpc) is 3.37. The molecule has 31 heavy (non-hydrogen) atoms. The van der Waals surface area contributed by atoms with Crippen LogP contribution in [0.25, 0.3) is 0 Å². The zero-order valence-electron chi connectivity index (χ0n) is 17.4. The first-order chi connectivity index (χ1) is 14.9. The number of carbonyl (C=O) groups is 3. The van der Waals surface area contributed by atoms with Crippen molar-refractivity contribution in [1.82, 2.24) is 15.8 Å². The molecule has 2 N–H and O–H groups in total. The van der Waals surface area contributed by atoms with Gasteiger partial charge in [0.15, 0.2) is 0 Å². The molecule has 0 saturated carbocycles. The molecule has 0 bridgehead atoms. The molecule has 2 amide bonds. The van der Waals surface area contributed by atoms with Crippen LogP contribution in [-0.4, -0.2) is 42.1 Å². The van der Waals surface area contributed by atoms with Crippen molar-refractivity contribution in [1.29, 1.82) is 0 Å². The number of nitrogens with one attached hydrogen (secondary N) is 2. The van der Waals surface area contributed by atoms with Crippen LogP contribution in [0.4, 0.5) is 4.79 Å². The fraction of sp³-hybridized carbons (Fsp3) is 0.400. The zero-order chi connectivity index (χ0) is 22.4. The van der Waals surface area contributed by atoms with E-state index in [1.165, 1.54) is 23.1 Å². The normalized spacial score (nSPS) is 16.0. The summed E-state index contributed by atoms with van der Waals surface area (Å²) in [5.41, 5.74) is 2.18. The summed E-state index contributed by atoms with van der Waals surface area (Å²) in [6.07, 6.45) is 0. The minimum Gasteiger partial charge on any atom is -0.463 e. The van der Waals surface area contributed by atoms with Gasteiger partial charge < -0.3 is 24.6 Å². The van der Waals surface area contributed by atoms with Gasteiger partial charge in [-0.05, 0) is 32.2 Å². The lowest BCUT2D eigenvalue weighted by molar-refractivity contribution is -0.141. The molecule has 0 saturated heterocycles. The predicted molar refractivity (Wildman–Crippen MR) is 115 cm³/mol. The molecule has 1 atom stereocenters. The van der Waals surface area contributed by atoms with E-state index in [0.29, 0.717) is 5.75 Å². The van der Waals surface area contributed by atoms with Crippen molar-refractivity contribution in [3.8, 4) is 0 Å². The topological polar surface area (TPSA) is 120 Å². The van der Waals surface area contributed by atoms with Gasteiger partial charge in [-0.15, -0.1) is 23.1 Å². The predicted octanol–water partition coefficient (Wildman–Crippen LogP) is 3.00. The highest BCUT2D eigenvalue weighted by Gasteiger charge is 2.34. The first-order valence-corrected chi connectivity index (χ1v) is 11.6. The van der Waals surface area contributed by atoms with E-state index < -0.39 is 24.0 Å². The highest BCUT2D eigenvalue weighted by atomic mass is 32.2. The fourth-order valence-electron chi connectivity index (χ4n) is 2.99. The van der Waals surface area contributed by atoms with Crippen LogP contribution in [0.5, 0.6) is 0 Å². The van der Waals surface area contributed by atoms with E-state index in [1.807, 2.05) is 31.4 Å². The molecule has 2 aromatic rings. The number of carbonyl (C=O) groups excluding carboxylic acids is 3. The standard InChI is InChI=1S/C20H23N3O6S2/c1-4-27-19(25)17-14(21-20(26)22-18(17)15-6-5-7-31-15)8-28-16(24)10-30-9-13-11(2)23-29-12(13)3/h5-7,18H,4,8-10H2,1-3H3,(H2,21,22,26). The van der Waals surface area contributed by atoms with Crippen molar-refractivity contribution in [3.05, 3.63) is 50.7 Å². The Morgan fingerprint density at radius 1 is 1.32 bits per heavy atom. The Balaban J connectivity index is 1.67. The second kappa shape index (κ2) is 10.5. The molecule has 0 radical (unpaired) electrons. The lowest BCUT2D eigenvalue weighted by atomic mass is 10.0. The van der Waals surface area contributed by atoms with E-state index in [0.717, 1.165) is 21.9 Å². The average molecular weight is 466 g/mol. The maximum absolute atomic E-state index is 12.6. The van der Waals surface area contributed by atoms with E-state index in [-0.39, 0.29) is 30.2 Å². The third-order valence-corrected chi connectivity index (χ3v) is 6.37. The number of rotatable bonds is 9. The van der Waals surface area contributed by atoms with Crippen LogP contribution < -0.4 is 10.6 Å². The second-order valence-corrected chi connectivity index (χ2v) is 8.58. The molecule has 9 nitrogen and oxygen atoms in total. The molecule has 0 aliphatic carbocycles. The van der Waals surface area contributed by atoms with Gasteiger partial charge in [0.05, 0.1) is 35.4 Å². The monoisotopic (exact) mass is 465 g/mol. The summed E-state index contributed by atoms with van der Waals surface area (Å²) in [6, 6.07) is 2.49. The lowest BCUT2D eigenvalue weighted by Crippen LogP contribution is -2.47. The van der Waals surface area contributed by atoms with Crippen LogP contribution in [0.1, 0.15) is 34.9 Å². The van der Waals surface area contributed by atoms with Gasteiger partial charge in [-0.25, -0.2) is 9.59 Å². The molecule has 0 aromatic carbocycles. The molecule has 166 valence electrons. The highest BCUT2D eigenvalue weighted by Crippen LogP contribution is 2.30. The van der Waals surface area contributed by atoms with Crippen LogP contribution in [0, 0.1) is 13.8 Å². The van der Waals surface area contributed by atoms with Crippen LogP contribution in [0.2, 0.25) is 0 Å². The summed E-state index contributed by atoms with van der Waals surface area (Å²) in [5.74, 6) is 0.348. The number of aryl methyl sites for hydroxylation is 2. The number of esters is 2. The third kappa shape index (κ3) is 5.67. The summed E-state index contributed by atoms with van der Waals surface area (Å²) in [6.45, 7) is 5.30. The Hall–Kier alpha value is -2.79. The summed E-state index contributed by atoms with van der Waals surface area (Å²) in [5, 5.41) is 11.0. The summed E-state index contributed by atoms with van der Waals surface area (Å²) in [4.78, 5) is 37.8. The number of urea groups is 1. The number of thiophene rings is 1. The van der Waals surface area contributed by atoms with Crippen molar-refractivity contribution in [3.63, 3.8) is 0 Å². The van der Waals surface area contributed by atoms with E-state index in [1.54, 1.807) is 6.92 Å². The first kappa shape index (κ1) is 22.9. The van der Waals surface area contributed by atoms with Crippen LogP contribution >= 0.6 is 23.1 Å². The molecule has 11 heteroatoms. The van der Waals surface area contributed by atoms with E-state index in [2.05, 4.69) is 15.8 Å². The van der Waals surface area contributed by atoms with Gasteiger partial charge in [-0.2, -0.15) is 0 Å². The summed E-state index contributed by atoms with van der Waals surface area (Å²) >= 11 is 2.77. The minimum atomic E-state index is -0.671. The van der Waals surface area contributed by atoms with Gasteiger partial charge in [0.25, 0.3) is 0 Å². The molecule has 3 rings (SSSR count). The maximum atomic E-state index is 12.6. The highest BCUT2D eigenvalue weighted by molar-refractivity contribution is 7.99. The number of aromatic nitrogens is 1. The largest absolute Gasteiger partial charge is 0.463 e. The van der Waals surface area contributed by atoms with Crippen LogP contribution in [0.3, 0.4) is 0 Å². The Kier molecular flexibility index (Phi) is 7.75. The molecule has 2 aromatic heterocycles. The van der Waals surface area contributed by atoms with Gasteiger partial charge in [0.2, 0.25) is 0 Å². The number of nitrogens with zero attached hydrogens (tertiary/aromatic N) is 1. The number of thioether (sulfide) groups is 1. The summed E-state index contributed by atoms with van der Waals surface area (Å²) in [7, 11) is 0. The first-order valence-electron chi connectivity index (χ1n) is 9.56. The van der Waals surface area contributed by atoms with Crippen molar-refractivity contribution < 1.29 is 28.4 Å². The minimum absolute atomic E-state index is 0.104. The van der Waals surface area contributed by atoms with E-state index >= 15 is 0 Å². The number of amides is 2. The van der Waals surface area contributed by atoms with Gasteiger partial charge in [-0.1, -0.05) is 11.2 Å². The Morgan fingerprint density at radius 2 is 2.13 bits per heavy atom. The molecular formula is C20H23N3O6S2. The van der Waals surface area contributed by atoms with Gasteiger partial charge in [0.1, 0.15) is 12.4 Å². The molecular weight excluding hydrogens is 442 g/mol. The van der Waals surface area contributed by atoms with Gasteiger partial charge >= 0.3 is 18.0 Å². The Morgan fingerprint density at radius 3 is 2.77 bits per heavy atom. The lowest BCUT2D eigenvalue weighted by Gasteiger charge is -2.28. The van der Waals surface area contributed by atoms with Crippen LogP contribution in [0.15, 0.2) is 33.3 Å². The van der Waals surface area contributed by atoms with Crippen molar-refractivity contribution in [2.75, 3.05) is 19.0 Å². The van der Waals surface area contributed by atoms with Crippen molar-refractivity contribution in [2.45, 2.75) is 32.6 Å². The number of ether oxygens (including phenoxy) is 2. The second-order valence-electron chi connectivity index (χ2n) is 6.62. The smallest absolute Gasteiger partial charge is 0.338 e. The van der Waals surface area contributed by atoms with Gasteiger partial charge in [-0.3, -0.25) is 4.79 Å². The number of hydrogen-bond donors (Lipinski definition) is 2. The van der Waals surface area contributed by atoms with Crippen molar-refractivity contribution >= 4 is 41.1 Å². The molecule has 0 spiro atoms. The molecule has 1 aliphatic rings. The molecule has 1 unspecified atom stereocenters. The van der Waals surface area contributed by atoms with Crippen LogP contribution in [-0.2, 0) is 24.8 Å². The Bertz CT molecular complexity index is 964. The zero-order valence-corrected chi connectivity index (χ0v) is 19.0. The van der Waals surface area contributed by atoms with Crippen molar-refractivity contribution in [2.24, 2.45) is 0 Å². The maximum Gasteiger partial charge on any atom is 0.338 e. The van der Waals surface area contributed by atoms with E-state index in [9.17, 15) is 14.4 Å². The molecule has 1 aliphatic heterocycles. The Labute approximate surface area is 187 Å². The SMILES string of the molecule is CCOC(=O)C1=C(COC(=O)CSCc2c(C)noc2C)NC(=O)NC1c1cccs1. The molecule has 3 heterocycles. The fourth-order valence-corrected chi connectivity index (χ4v) is 4.74. The quantitative estimate of drug-likeness (QED) is 0.543. The van der Waals surface area contributed by atoms with E-state index in [4.69, 9.17) is 14.0 Å². The molecule has 0 fully saturated rings. The van der Waals surface area contributed by atoms with Gasteiger partial charge in [0, 0.05) is 16.2 Å². The number of hydrogen-bond acceptors (Lipinski definition) is 9. The third-order valence-electron chi connectivity index (χ3n) is 4.50. The summed E-state index contributed by atoms with van der Waals surface area (Å²) < 4.78 is 15.6.